The lowest BCUT2D eigenvalue weighted by atomic mass is 9.70. The van der Waals surface area contributed by atoms with Gasteiger partial charge in [-0.05, 0) is 25.7 Å². The minimum absolute atomic E-state index is 0.0806. The minimum atomic E-state index is -0.843. The third-order valence-electron chi connectivity index (χ3n) is 3.36. The molecule has 2 nitrogen and oxygen atoms in total. The minimum Gasteiger partial charge on any atom is -0.299 e. The van der Waals surface area contributed by atoms with Gasteiger partial charge in [0.2, 0.25) is 0 Å². The number of ketones is 2. The molecule has 1 saturated carbocycles. The van der Waals surface area contributed by atoms with Gasteiger partial charge in [0, 0.05) is 12.8 Å². The average molecular weight is 220 g/mol. The lowest BCUT2D eigenvalue weighted by Crippen LogP contribution is -2.39. The van der Waals surface area contributed by atoms with Gasteiger partial charge in [-0.15, -0.1) is 13.2 Å². The van der Waals surface area contributed by atoms with E-state index in [2.05, 4.69) is 13.2 Å². The van der Waals surface area contributed by atoms with Crippen LogP contribution in [-0.4, -0.2) is 11.6 Å². The maximum absolute atomic E-state index is 12.2. The molecular weight excluding hydrogens is 200 g/mol. The number of Topliss-reactive ketones (excluding diaryl/α,β-unsaturated/α-hetero) is 2. The Bertz CT molecular complexity index is 272. The normalized spacial score (nSPS) is 21.0. The van der Waals surface area contributed by atoms with E-state index in [1.165, 1.54) is 0 Å². The average Bonchev–Trinajstić information content (AvgIpc) is 2.26. The molecule has 0 bridgehead atoms. The zero-order valence-corrected chi connectivity index (χ0v) is 9.84. The lowest BCUT2D eigenvalue weighted by Gasteiger charge is -2.30. The molecule has 0 unspecified atom stereocenters. The highest BCUT2D eigenvalue weighted by molar-refractivity contribution is 6.07. The van der Waals surface area contributed by atoms with E-state index in [-0.39, 0.29) is 11.6 Å². The highest BCUT2D eigenvalue weighted by Gasteiger charge is 2.42. The SMILES string of the molecule is C=CCC1(CC=C)C(=O)CCCCCC1=O. The highest BCUT2D eigenvalue weighted by atomic mass is 16.2. The van der Waals surface area contributed by atoms with E-state index in [0.29, 0.717) is 25.7 Å². The zero-order valence-electron chi connectivity index (χ0n) is 9.84. The predicted molar refractivity (Wildman–Crippen MR) is 65.2 cm³/mol. The van der Waals surface area contributed by atoms with Crippen molar-refractivity contribution in [2.45, 2.75) is 44.9 Å². The summed E-state index contributed by atoms with van der Waals surface area (Å²) in [5.41, 5.74) is -0.843. The Balaban J connectivity index is 3.02. The Morgan fingerprint density at radius 2 is 1.38 bits per heavy atom. The summed E-state index contributed by atoms with van der Waals surface area (Å²) in [7, 11) is 0. The van der Waals surface area contributed by atoms with Crippen LogP contribution in [0.3, 0.4) is 0 Å². The van der Waals surface area contributed by atoms with Crippen molar-refractivity contribution in [3.8, 4) is 0 Å². The first-order valence-corrected chi connectivity index (χ1v) is 5.96. The molecule has 0 aromatic heterocycles. The van der Waals surface area contributed by atoms with E-state index in [0.717, 1.165) is 19.3 Å². The summed E-state index contributed by atoms with van der Waals surface area (Å²) in [6, 6.07) is 0. The monoisotopic (exact) mass is 220 g/mol. The molecule has 88 valence electrons. The maximum atomic E-state index is 12.2. The van der Waals surface area contributed by atoms with Crippen LogP contribution < -0.4 is 0 Å². The molecule has 0 N–H and O–H groups in total. The first-order valence-electron chi connectivity index (χ1n) is 5.96. The van der Waals surface area contributed by atoms with E-state index in [9.17, 15) is 9.59 Å². The van der Waals surface area contributed by atoms with Crippen LogP contribution in [-0.2, 0) is 9.59 Å². The van der Waals surface area contributed by atoms with Crippen LogP contribution in [0.25, 0.3) is 0 Å². The Kier molecular flexibility index (Phi) is 4.66. The van der Waals surface area contributed by atoms with Gasteiger partial charge in [-0.25, -0.2) is 0 Å². The summed E-state index contributed by atoms with van der Waals surface area (Å²) in [5, 5.41) is 0. The van der Waals surface area contributed by atoms with Gasteiger partial charge in [-0.1, -0.05) is 18.6 Å². The van der Waals surface area contributed by atoms with Crippen molar-refractivity contribution >= 4 is 11.6 Å². The molecule has 16 heavy (non-hydrogen) atoms. The summed E-state index contributed by atoms with van der Waals surface area (Å²) >= 11 is 0. The molecule has 0 aromatic carbocycles. The summed E-state index contributed by atoms with van der Waals surface area (Å²) in [6.07, 6.45) is 8.11. The summed E-state index contributed by atoms with van der Waals surface area (Å²) in [6.45, 7) is 7.33. The highest BCUT2D eigenvalue weighted by Crippen LogP contribution is 2.35. The Morgan fingerprint density at radius 3 is 1.75 bits per heavy atom. The molecule has 2 heteroatoms. The second kappa shape index (κ2) is 5.78. The lowest BCUT2D eigenvalue weighted by molar-refractivity contribution is -0.141. The quantitative estimate of drug-likeness (QED) is 0.538. The third-order valence-corrected chi connectivity index (χ3v) is 3.36. The number of hydrogen-bond acceptors (Lipinski definition) is 2. The van der Waals surface area contributed by atoms with Gasteiger partial charge in [-0.2, -0.15) is 0 Å². The number of carbonyl (C=O) groups is 2. The van der Waals surface area contributed by atoms with Crippen molar-refractivity contribution in [2.24, 2.45) is 5.41 Å². The molecule has 0 atom stereocenters. The fraction of sp³-hybridized carbons (Fsp3) is 0.571. The van der Waals surface area contributed by atoms with E-state index in [1.54, 1.807) is 12.2 Å². The zero-order chi connectivity index (χ0) is 12.0. The van der Waals surface area contributed by atoms with Crippen LogP contribution in [0.1, 0.15) is 44.9 Å². The first kappa shape index (κ1) is 12.9. The van der Waals surface area contributed by atoms with Crippen LogP contribution >= 0.6 is 0 Å². The van der Waals surface area contributed by atoms with Crippen molar-refractivity contribution in [1.29, 1.82) is 0 Å². The van der Waals surface area contributed by atoms with Crippen molar-refractivity contribution in [1.82, 2.24) is 0 Å². The van der Waals surface area contributed by atoms with Gasteiger partial charge in [0.1, 0.15) is 11.6 Å². The van der Waals surface area contributed by atoms with Crippen molar-refractivity contribution < 1.29 is 9.59 Å². The molecule has 1 fully saturated rings. The van der Waals surface area contributed by atoms with Crippen LogP contribution in [0.4, 0.5) is 0 Å². The molecule has 1 aliphatic rings. The van der Waals surface area contributed by atoms with Crippen LogP contribution in [0.5, 0.6) is 0 Å². The molecule has 1 aliphatic carbocycles. The summed E-state index contributed by atoms with van der Waals surface area (Å²) in [4.78, 5) is 24.3. The number of rotatable bonds is 4. The Labute approximate surface area is 97.4 Å². The second-order valence-electron chi connectivity index (χ2n) is 4.47. The molecule has 0 aliphatic heterocycles. The largest absolute Gasteiger partial charge is 0.299 e. The van der Waals surface area contributed by atoms with E-state index in [1.807, 2.05) is 0 Å². The summed E-state index contributed by atoms with van der Waals surface area (Å²) < 4.78 is 0. The van der Waals surface area contributed by atoms with Gasteiger partial charge < -0.3 is 0 Å². The maximum Gasteiger partial charge on any atom is 0.147 e. The predicted octanol–water partition coefficient (Wildman–Crippen LogP) is 3.23. The van der Waals surface area contributed by atoms with Crippen molar-refractivity contribution in [3.63, 3.8) is 0 Å². The summed E-state index contributed by atoms with van der Waals surface area (Å²) in [5.74, 6) is 0.161. The first-order chi connectivity index (χ1) is 7.67. The van der Waals surface area contributed by atoms with Gasteiger partial charge in [0.25, 0.3) is 0 Å². The van der Waals surface area contributed by atoms with Gasteiger partial charge >= 0.3 is 0 Å². The van der Waals surface area contributed by atoms with E-state index >= 15 is 0 Å². The van der Waals surface area contributed by atoms with Crippen molar-refractivity contribution in [3.05, 3.63) is 25.3 Å². The van der Waals surface area contributed by atoms with Gasteiger partial charge in [0.15, 0.2) is 0 Å². The van der Waals surface area contributed by atoms with E-state index in [4.69, 9.17) is 0 Å². The topological polar surface area (TPSA) is 34.1 Å². The fourth-order valence-electron chi connectivity index (χ4n) is 2.41. The number of allylic oxidation sites excluding steroid dienone is 2. The number of hydrogen-bond donors (Lipinski definition) is 0. The molecule has 0 radical (unpaired) electrons. The van der Waals surface area contributed by atoms with Crippen LogP contribution in [0.2, 0.25) is 0 Å². The van der Waals surface area contributed by atoms with Crippen molar-refractivity contribution in [2.75, 3.05) is 0 Å². The second-order valence-corrected chi connectivity index (χ2v) is 4.47. The third kappa shape index (κ3) is 2.49. The molecular formula is C14H20O2. The van der Waals surface area contributed by atoms with Crippen LogP contribution in [0.15, 0.2) is 25.3 Å². The molecule has 1 rings (SSSR count). The van der Waals surface area contributed by atoms with E-state index < -0.39 is 5.41 Å². The fourth-order valence-corrected chi connectivity index (χ4v) is 2.41. The molecule has 0 saturated heterocycles. The molecule has 0 amide bonds. The Morgan fingerprint density at radius 1 is 0.938 bits per heavy atom. The van der Waals surface area contributed by atoms with Gasteiger partial charge in [-0.3, -0.25) is 9.59 Å². The molecule has 0 spiro atoms. The molecule has 0 heterocycles. The number of carbonyl (C=O) groups excluding carboxylic acids is 2. The standard InChI is InChI=1S/C14H20O2/c1-3-10-14(11-4-2)12(15)8-6-5-7-9-13(14)16/h3-4H,1-2,5-11H2. The molecule has 0 aromatic rings. The smallest absolute Gasteiger partial charge is 0.147 e. The van der Waals surface area contributed by atoms with Gasteiger partial charge in [0.05, 0.1) is 5.41 Å². The van der Waals surface area contributed by atoms with Crippen LogP contribution in [0, 0.1) is 5.41 Å². The Hall–Kier alpha value is -1.18.